The van der Waals surface area contributed by atoms with Crippen molar-refractivity contribution >= 4 is 33.0 Å². The molecule has 0 unspecified atom stereocenters. The maximum Gasteiger partial charge on any atom is 0.0464 e. The molecule has 0 amide bonds. The summed E-state index contributed by atoms with van der Waals surface area (Å²) in [5.74, 6) is 0. The predicted octanol–water partition coefficient (Wildman–Crippen LogP) is 7.18. The lowest BCUT2D eigenvalue weighted by Gasteiger charge is -2.26. The molecule has 0 fully saturated rings. The van der Waals surface area contributed by atoms with Crippen molar-refractivity contribution in [2.75, 3.05) is 4.90 Å². The molecule has 0 atom stereocenters. The lowest BCUT2D eigenvalue weighted by atomic mass is 10.1. The molecule has 3 aromatic carbocycles. The second-order valence-corrected chi connectivity index (χ2v) is 6.98. The summed E-state index contributed by atoms with van der Waals surface area (Å²) in [6, 6.07) is 26.0. The first-order valence-electron chi connectivity index (χ1n) is 8.38. The molecule has 0 N–H and O–H groups in total. The van der Waals surface area contributed by atoms with Gasteiger partial charge in [-0.25, -0.2) is 0 Å². The van der Waals surface area contributed by atoms with Crippen LogP contribution in [0.15, 0.2) is 77.3 Å². The summed E-state index contributed by atoms with van der Waals surface area (Å²) in [6.07, 6.45) is 2.30. The lowest BCUT2D eigenvalue weighted by Crippen LogP contribution is -2.10. The first kappa shape index (κ1) is 16.8. The van der Waals surface area contributed by atoms with Crippen LogP contribution < -0.4 is 4.90 Å². The Bertz CT molecular complexity index is 791. The molecule has 0 aliphatic rings. The predicted molar refractivity (Wildman–Crippen MR) is 108 cm³/mol. The summed E-state index contributed by atoms with van der Waals surface area (Å²) >= 11 is 3.53. The number of halogens is 1. The van der Waals surface area contributed by atoms with Crippen molar-refractivity contribution in [3.63, 3.8) is 0 Å². The smallest absolute Gasteiger partial charge is 0.0464 e. The van der Waals surface area contributed by atoms with E-state index in [-0.39, 0.29) is 0 Å². The van der Waals surface area contributed by atoms with Crippen molar-refractivity contribution in [1.82, 2.24) is 0 Å². The van der Waals surface area contributed by atoms with Crippen LogP contribution in [0.5, 0.6) is 0 Å². The number of rotatable bonds is 5. The van der Waals surface area contributed by atoms with Gasteiger partial charge in [0.15, 0.2) is 0 Å². The molecule has 24 heavy (non-hydrogen) atoms. The maximum absolute atomic E-state index is 3.53. The van der Waals surface area contributed by atoms with Crippen LogP contribution in [0.1, 0.15) is 24.5 Å². The molecular formula is C22H22BrN. The zero-order valence-electron chi connectivity index (χ0n) is 14.2. The second-order valence-electron chi connectivity index (χ2n) is 6.07. The van der Waals surface area contributed by atoms with Crippen LogP contribution in [0.25, 0.3) is 0 Å². The summed E-state index contributed by atoms with van der Waals surface area (Å²) in [5, 5.41) is 0. The van der Waals surface area contributed by atoms with Crippen LogP contribution in [0.3, 0.4) is 0 Å². The molecule has 0 heterocycles. The van der Waals surface area contributed by atoms with E-state index in [2.05, 4.69) is 107 Å². The summed E-state index contributed by atoms with van der Waals surface area (Å²) in [4.78, 5) is 2.30. The van der Waals surface area contributed by atoms with Gasteiger partial charge in [0.05, 0.1) is 0 Å². The maximum atomic E-state index is 3.53. The van der Waals surface area contributed by atoms with Gasteiger partial charge < -0.3 is 4.90 Å². The molecule has 122 valence electrons. The van der Waals surface area contributed by atoms with E-state index in [1.54, 1.807) is 0 Å². The first-order chi connectivity index (χ1) is 11.7. The van der Waals surface area contributed by atoms with Gasteiger partial charge in [0.1, 0.15) is 0 Å². The molecule has 0 saturated heterocycles. The Labute approximate surface area is 153 Å². The molecule has 2 heteroatoms. The van der Waals surface area contributed by atoms with Crippen LogP contribution in [0, 0.1) is 6.92 Å². The highest BCUT2D eigenvalue weighted by Crippen LogP contribution is 2.35. The van der Waals surface area contributed by atoms with Crippen LogP contribution in [-0.4, -0.2) is 0 Å². The van der Waals surface area contributed by atoms with Gasteiger partial charge in [0.2, 0.25) is 0 Å². The van der Waals surface area contributed by atoms with E-state index in [9.17, 15) is 0 Å². The number of hydrogen-bond donors (Lipinski definition) is 0. The highest BCUT2D eigenvalue weighted by Gasteiger charge is 2.12. The summed E-state index contributed by atoms with van der Waals surface area (Å²) in [7, 11) is 0. The minimum absolute atomic E-state index is 1.09. The minimum Gasteiger partial charge on any atom is -0.310 e. The fourth-order valence-electron chi connectivity index (χ4n) is 2.90. The summed E-state index contributed by atoms with van der Waals surface area (Å²) < 4.78 is 1.09. The van der Waals surface area contributed by atoms with Gasteiger partial charge in [-0.3, -0.25) is 0 Å². The van der Waals surface area contributed by atoms with Gasteiger partial charge in [-0.2, -0.15) is 0 Å². The SMILES string of the molecule is CCCc1ccc(N(c2ccc(Br)cc2)c2cccc(C)c2)cc1. The molecule has 0 aliphatic carbocycles. The molecule has 3 rings (SSSR count). The van der Waals surface area contributed by atoms with E-state index in [1.807, 2.05) is 0 Å². The lowest BCUT2D eigenvalue weighted by molar-refractivity contribution is 0.922. The Morgan fingerprint density at radius 1 is 0.792 bits per heavy atom. The normalized spacial score (nSPS) is 10.6. The Balaban J connectivity index is 2.06. The van der Waals surface area contributed by atoms with Gasteiger partial charge in [0, 0.05) is 21.5 Å². The molecule has 1 nitrogen and oxygen atoms in total. The number of benzene rings is 3. The number of aryl methyl sites for hydroxylation is 2. The van der Waals surface area contributed by atoms with Gasteiger partial charge in [-0.1, -0.05) is 53.5 Å². The Morgan fingerprint density at radius 3 is 2.00 bits per heavy atom. The molecule has 0 bridgehead atoms. The topological polar surface area (TPSA) is 3.24 Å². The zero-order valence-corrected chi connectivity index (χ0v) is 15.8. The molecule has 0 aromatic heterocycles. The van der Waals surface area contributed by atoms with Gasteiger partial charge in [-0.05, 0) is 73.0 Å². The van der Waals surface area contributed by atoms with Crippen LogP contribution in [0.2, 0.25) is 0 Å². The largest absolute Gasteiger partial charge is 0.310 e. The third-order valence-electron chi connectivity index (χ3n) is 4.08. The van der Waals surface area contributed by atoms with Crippen molar-refractivity contribution in [3.8, 4) is 0 Å². The van der Waals surface area contributed by atoms with E-state index >= 15 is 0 Å². The highest BCUT2D eigenvalue weighted by molar-refractivity contribution is 9.10. The van der Waals surface area contributed by atoms with Crippen molar-refractivity contribution in [3.05, 3.63) is 88.4 Å². The van der Waals surface area contributed by atoms with Crippen LogP contribution in [-0.2, 0) is 6.42 Å². The molecule has 3 aromatic rings. The van der Waals surface area contributed by atoms with E-state index in [1.165, 1.54) is 28.9 Å². The first-order valence-corrected chi connectivity index (χ1v) is 9.18. The standard InChI is InChI=1S/C22H22BrN/c1-3-5-18-8-12-20(13-9-18)24(21-14-10-19(23)11-15-21)22-7-4-6-17(2)16-22/h4,6-16H,3,5H2,1-2H3. The van der Waals surface area contributed by atoms with Crippen molar-refractivity contribution in [2.24, 2.45) is 0 Å². The summed E-state index contributed by atoms with van der Waals surface area (Å²) in [6.45, 7) is 4.35. The van der Waals surface area contributed by atoms with Gasteiger partial charge >= 0.3 is 0 Å². The van der Waals surface area contributed by atoms with E-state index in [0.717, 1.165) is 16.6 Å². The summed E-state index contributed by atoms with van der Waals surface area (Å²) in [5.41, 5.74) is 6.17. The Kier molecular flexibility index (Phi) is 5.37. The number of anilines is 3. The molecule has 0 saturated carbocycles. The number of hydrogen-bond acceptors (Lipinski definition) is 1. The van der Waals surface area contributed by atoms with Crippen LogP contribution >= 0.6 is 15.9 Å². The quantitative estimate of drug-likeness (QED) is 0.453. The number of nitrogens with zero attached hydrogens (tertiary/aromatic N) is 1. The molecule has 0 aliphatic heterocycles. The zero-order chi connectivity index (χ0) is 16.9. The van der Waals surface area contributed by atoms with E-state index in [4.69, 9.17) is 0 Å². The Hall–Kier alpha value is -2.06. The van der Waals surface area contributed by atoms with Crippen molar-refractivity contribution < 1.29 is 0 Å². The van der Waals surface area contributed by atoms with Crippen molar-refractivity contribution in [2.45, 2.75) is 26.7 Å². The monoisotopic (exact) mass is 379 g/mol. The fourth-order valence-corrected chi connectivity index (χ4v) is 3.17. The fraction of sp³-hybridized carbons (Fsp3) is 0.182. The molecule has 0 spiro atoms. The van der Waals surface area contributed by atoms with Crippen LogP contribution in [0.4, 0.5) is 17.1 Å². The van der Waals surface area contributed by atoms with Gasteiger partial charge in [0.25, 0.3) is 0 Å². The Morgan fingerprint density at radius 2 is 1.42 bits per heavy atom. The second kappa shape index (κ2) is 7.67. The van der Waals surface area contributed by atoms with E-state index < -0.39 is 0 Å². The van der Waals surface area contributed by atoms with Crippen molar-refractivity contribution in [1.29, 1.82) is 0 Å². The highest BCUT2D eigenvalue weighted by atomic mass is 79.9. The molecule has 0 radical (unpaired) electrons. The third-order valence-corrected chi connectivity index (χ3v) is 4.61. The third kappa shape index (κ3) is 3.88. The molecular weight excluding hydrogens is 358 g/mol. The van der Waals surface area contributed by atoms with E-state index in [0.29, 0.717) is 0 Å². The average molecular weight is 380 g/mol. The minimum atomic E-state index is 1.09. The van der Waals surface area contributed by atoms with Gasteiger partial charge in [-0.15, -0.1) is 0 Å². The average Bonchev–Trinajstić information content (AvgIpc) is 2.59.